The van der Waals surface area contributed by atoms with E-state index < -0.39 is 0 Å². The minimum absolute atomic E-state index is 0.115. The summed E-state index contributed by atoms with van der Waals surface area (Å²) < 4.78 is 0. The van der Waals surface area contributed by atoms with Crippen molar-refractivity contribution in [1.29, 1.82) is 0 Å². The Balaban J connectivity index is 1.73. The van der Waals surface area contributed by atoms with Crippen molar-refractivity contribution in [3.63, 3.8) is 0 Å². The number of anilines is 2. The van der Waals surface area contributed by atoms with Gasteiger partial charge in [0.25, 0.3) is 5.91 Å². The Labute approximate surface area is 184 Å². The Hall–Kier alpha value is -3.00. The van der Waals surface area contributed by atoms with E-state index in [0.717, 1.165) is 61.3 Å². The van der Waals surface area contributed by atoms with E-state index in [1.165, 1.54) is 11.9 Å². The standard InChI is InChI=1S/C23H32N6O2/c1-16-22(20-8-5-6-9-21(20)26-25-16)27-29(17(2)30)19-12-10-18(11-13-19)23(31)24-14-7-15-28(3)4/h10-13H,5-9,14-15H2,1-4H3,(H,24,31)(H,26,27). The molecule has 0 spiro atoms. The summed E-state index contributed by atoms with van der Waals surface area (Å²) in [5.41, 5.74) is 8.25. The number of benzene rings is 1. The molecule has 0 atom stereocenters. The number of carbonyl (C=O) groups is 2. The van der Waals surface area contributed by atoms with Crippen LogP contribution in [-0.4, -0.2) is 54.1 Å². The molecule has 1 aliphatic rings. The van der Waals surface area contributed by atoms with E-state index in [1.54, 1.807) is 24.3 Å². The number of hydrazine groups is 1. The van der Waals surface area contributed by atoms with Crippen LogP contribution in [0, 0.1) is 6.92 Å². The zero-order valence-corrected chi connectivity index (χ0v) is 18.9. The minimum Gasteiger partial charge on any atom is -0.352 e. The fourth-order valence-corrected chi connectivity index (χ4v) is 3.72. The number of nitrogens with zero attached hydrogens (tertiary/aromatic N) is 4. The molecular formula is C23H32N6O2. The van der Waals surface area contributed by atoms with Gasteiger partial charge >= 0.3 is 0 Å². The summed E-state index contributed by atoms with van der Waals surface area (Å²) in [7, 11) is 4.02. The van der Waals surface area contributed by atoms with Gasteiger partial charge in [-0.2, -0.15) is 10.2 Å². The third kappa shape index (κ3) is 5.79. The highest BCUT2D eigenvalue weighted by atomic mass is 16.2. The Morgan fingerprint density at radius 3 is 2.45 bits per heavy atom. The molecule has 0 radical (unpaired) electrons. The van der Waals surface area contributed by atoms with Crippen LogP contribution in [-0.2, 0) is 17.6 Å². The molecule has 0 aliphatic heterocycles. The fourth-order valence-electron chi connectivity index (χ4n) is 3.72. The third-order valence-electron chi connectivity index (χ3n) is 5.42. The summed E-state index contributed by atoms with van der Waals surface area (Å²) in [6.45, 7) is 4.95. The minimum atomic E-state index is -0.151. The second kappa shape index (κ2) is 10.3. The van der Waals surface area contributed by atoms with Crippen molar-refractivity contribution in [2.45, 2.75) is 46.0 Å². The normalized spacial score (nSPS) is 12.9. The molecular weight excluding hydrogens is 392 g/mol. The van der Waals surface area contributed by atoms with Crippen molar-refractivity contribution in [3.8, 4) is 0 Å². The van der Waals surface area contributed by atoms with Gasteiger partial charge in [0.1, 0.15) is 0 Å². The van der Waals surface area contributed by atoms with Gasteiger partial charge in [0.15, 0.2) is 0 Å². The second-order valence-electron chi connectivity index (χ2n) is 8.22. The maximum Gasteiger partial charge on any atom is 0.251 e. The fraction of sp³-hybridized carbons (Fsp3) is 0.478. The van der Waals surface area contributed by atoms with Gasteiger partial charge in [-0.15, -0.1) is 0 Å². The van der Waals surface area contributed by atoms with Crippen molar-refractivity contribution in [3.05, 3.63) is 46.8 Å². The molecule has 0 fully saturated rings. The van der Waals surface area contributed by atoms with Crippen molar-refractivity contribution in [2.75, 3.05) is 37.6 Å². The van der Waals surface area contributed by atoms with Crippen LogP contribution < -0.4 is 15.8 Å². The first kappa shape index (κ1) is 22.7. The highest BCUT2D eigenvalue weighted by Crippen LogP contribution is 2.29. The van der Waals surface area contributed by atoms with Gasteiger partial charge in [-0.05, 0) is 83.9 Å². The number of rotatable bonds is 8. The van der Waals surface area contributed by atoms with Crippen molar-refractivity contribution >= 4 is 23.2 Å². The lowest BCUT2D eigenvalue weighted by atomic mass is 9.95. The first-order valence-electron chi connectivity index (χ1n) is 10.8. The van der Waals surface area contributed by atoms with E-state index in [1.807, 2.05) is 21.0 Å². The maximum absolute atomic E-state index is 12.4. The molecule has 0 bridgehead atoms. The molecule has 31 heavy (non-hydrogen) atoms. The lowest BCUT2D eigenvalue weighted by molar-refractivity contribution is -0.116. The van der Waals surface area contributed by atoms with Crippen LogP contribution >= 0.6 is 0 Å². The van der Waals surface area contributed by atoms with Crippen LogP contribution in [0.4, 0.5) is 11.4 Å². The summed E-state index contributed by atoms with van der Waals surface area (Å²) in [4.78, 5) is 26.9. The molecule has 1 aromatic heterocycles. The molecule has 1 aromatic carbocycles. The Bertz CT molecular complexity index is 926. The predicted octanol–water partition coefficient (Wildman–Crippen LogP) is 2.73. The Morgan fingerprint density at radius 1 is 1.06 bits per heavy atom. The van der Waals surface area contributed by atoms with Gasteiger partial charge in [-0.3, -0.25) is 15.0 Å². The molecule has 0 unspecified atom stereocenters. The quantitative estimate of drug-likeness (QED) is 0.500. The highest BCUT2D eigenvalue weighted by Gasteiger charge is 2.21. The third-order valence-corrected chi connectivity index (χ3v) is 5.42. The van der Waals surface area contributed by atoms with Gasteiger partial charge in [-0.1, -0.05) is 0 Å². The van der Waals surface area contributed by atoms with E-state index in [0.29, 0.717) is 17.8 Å². The predicted molar refractivity (Wildman–Crippen MR) is 122 cm³/mol. The number of carbonyl (C=O) groups excluding carboxylic acids is 2. The zero-order chi connectivity index (χ0) is 22.4. The summed E-state index contributed by atoms with van der Waals surface area (Å²) in [6, 6.07) is 7.03. The lowest BCUT2D eigenvalue weighted by Crippen LogP contribution is -2.35. The SMILES string of the molecule is CC(=O)N(Nc1c(C)nnc2c1CCCC2)c1ccc(C(=O)NCCCN(C)C)cc1. The molecule has 0 saturated heterocycles. The Morgan fingerprint density at radius 2 is 1.77 bits per heavy atom. The first-order chi connectivity index (χ1) is 14.9. The molecule has 1 heterocycles. The molecule has 3 rings (SSSR count). The monoisotopic (exact) mass is 424 g/mol. The van der Waals surface area contributed by atoms with Crippen LogP contribution in [0.2, 0.25) is 0 Å². The largest absolute Gasteiger partial charge is 0.352 e. The van der Waals surface area contributed by atoms with Crippen LogP contribution in [0.1, 0.15) is 53.5 Å². The number of nitrogens with one attached hydrogen (secondary N) is 2. The first-order valence-corrected chi connectivity index (χ1v) is 10.8. The van der Waals surface area contributed by atoms with Gasteiger partial charge in [-0.25, -0.2) is 5.01 Å². The lowest BCUT2D eigenvalue weighted by Gasteiger charge is -2.27. The summed E-state index contributed by atoms with van der Waals surface area (Å²) >= 11 is 0. The van der Waals surface area contributed by atoms with Crippen LogP contribution in [0.15, 0.2) is 24.3 Å². The number of aryl methyl sites for hydroxylation is 2. The summed E-state index contributed by atoms with van der Waals surface area (Å²) in [5, 5.41) is 13.0. The second-order valence-corrected chi connectivity index (χ2v) is 8.22. The molecule has 2 aromatic rings. The van der Waals surface area contributed by atoms with Gasteiger partial charge < -0.3 is 10.2 Å². The van der Waals surface area contributed by atoms with E-state index in [4.69, 9.17) is 0 Å². The topological polar surface area (TPSA) is 90.5 Å². The number of aromatic nitrogens is 2. The van der Waals surface area contributed by atoms with Gasteiger partial charge in [0.05, 0.1) is 22.8 Å². The number of amides is 2. The Kier molecular flexibility index (Phi) is 7.57. The zero-order valence-electron chi connectivity index (χ0n) is 18.9. The highest BCUT2D eigenvalue weighted by molar-refractivity contribution is 5.97. The summed E-state index contributed by atoms with van der Waals surface area (Å²) in [5.74, 6) is -0.266. The maximum atomic E-state index is 12.4. The molecule has 1 aliphatic carbocycles. The van der Waals surface area contributed by atoms with Gasteiger partial charge in [0, 0.05) is 24.6 Å². The van der Waals surface area contributed by atoms with E-state index in [2.05, 4.69) is 25.8 Å². The summed E-state index contributed by atoms with van der Waals surface area (Å²) in [6.07, 6.45) is 4.94. The van der Waals surface area contributed by atoms with Crippen LogP contribution in [0.3, 0.4) is 0 Å². The molecule has 166 valence electrons. The molecule has 0 saturated carbocycles. The van der Waals surface area contributed by atoms with E-state index in [-0.39, 0.29) is 11.8 Å². The van der Waals surface area contributed by atoms with Crippen LogP contribution in [0.25, 0.3) is 0 Å². The van der Waals surface area contributed by atoms with Crippen molar-refractivity contribution in [1.82, 2.24) is 20.4 Å². The van der Waals surface area contributed by atoms with Crippen molar-refractivity contribution < 1.29 is 9.59 Å². The smallest absolute Gasteiger partial charge is 0.251 e. The average molecular weight is 425 g/mol. The molecule has 2 amide bonds. The number of fused-ring (bicyclic) bond motifs is 1. The van der Waals surface area contributed by atoms with Crippen LogP contribution in [0.5, 0.6) is 0 Å². The van der Waals surface area contributed by atoms with Gasteiger partial charge in [0.2, 0.25) is 5.91 Å². The molecule has 8 nitrogen and oxygen atoms in total. The molecule has 2 N–H and O–H groups in total. The number of hydrogen-bond donors (Lipinski definition) is 2. The van der Waals surface area contributed by atoms with Crippen molar-refractivity contribution in [2.24, 2.45) is 0 Å². The van der Waals surface area contributed by atoms with E-state index in [9.17, 15) is 9.59 Å². The average Bonchev–Trinajstić information content (AvgIpc) is 2.76. The van der Waals surface area contributed by atoms with E-state index >= 15 is 0 Å². The number of hydrogen-bond acceptors (Lipinski definition) is 6. The molecule has 8 heteroatoms.